The first-order chi connectivity index (χ1) is 12.3. The fourth-order valence-corrected chi connectivity index (χ4v) is 4.18. The van der Waals surface area contributed by atoms with Crippen molar-refractivity contribution in [3.63, 3.8) is 0 Å². The molecule has 1 aliphatic carbocycles. The molecule has 0 unspecified atom stereocenters. The minimum Gasteiger partial charge on any atom is -0.365 e. The van der Waals surface area contributed by atoms with Crippen LogP contribution in [0.25, 0.3) is 16.9 Å². The molecule has 3 aromatic rings. The van der Waals surface area contributed by atoms with E-state index in [9.17, 15) is 0 Å². The number of nitrogens with one attached hydrogen (secondary N) is 2. The number of hydrogen-bond donors (Lipinski definition) is 2. The third-order valence-electron chi connectivity index (χ3n) is 5.65. The molecule has 1 saturated carbocycles. The van der Waals surface area contributed by atoms with Crippen molar-refractivity contribution < 1.29 is 0 Å². The van der Waals surface area contributed by atoms with Crippen molar-refractivity contribution >= 4 is 17.0 Å². The van der Waals surface area contributed by atoms with Crippen LogP contribution >= 0.6 is 0 Å². The molecule has 0 bridgehead atoms. The van der Waals surface area contributed by atoms with Gasteiger partial charge in [0.2, 0.25) is 0 Å². The van der Waals surface area contributed by atoms with Crippen molar-refractivity contribution in [3.05, 3.63) is 43.0 Å². The summed E-state index contributed by atoms with van der Waals surface area (Å²) in [7, 11) is 0. The summed E-state index contributed by atoms with van der Waals surface area (Å²) in [6, 6.07) is 10.6. The molecule has 2 aliphatic rings. The molecular formula is C19H22N6. The maximum absolute atomic E-state index is 4.59. The van der Waals surface area contributed by atoms with Crippen molar-refractivity contribution in [2.24, 2.45) is 0 Å². The number of rotatable bonds is 3. The summed E-state index contributed by atoms with van der Waals surface area (Å²) in [6.45, 7) is 1.07. The molecule has 2 aromatic heterocycles. The largest absolute Gasteiger partial charge is 0.365 e. The molecule has 25 heavy (non-hydrogen) atoms. The Balaban J connectivity index is 1.45. The minimum atomic E-state index is 0.367. The van der Waals surface area contributed by atoms with E-state index in [0.717, 1.165) is 42.1 Å². The van der Waals surface area contributed by atoms with E-state index in [1.165, 1.54) is 19.3 Å². The number of hydrogen-bond acceptors (Lipinski definition) is 5. The van der Waals surface area contributed by atoms with Crippen molar-refractivity contribution in [1.82, 2.24) is 24.8 Å². The van der Waals surface area contributed by atoms with Gasteiger partial charge in [0.15, 0.2) is 17.0 Å². The second-order valence-electron chi connectivity index (χ2n) is 7.24. The van der Waals surface area contributed by atoms with Gasteiger partial charge in [0.1, 0.15) is 12.7 Å². The second kappa shape index (κ2) is 5.81. The third kappa shape index (κ3) is 2.57. The molecule has 5 rings (SSSR count). The minimum absolute atomic E-state index is 0.367. The summed E-state index contributed by atoms with van der Waals surface area (Å²) in [5.41, 5.74) is 3.11. The molecule has 128 valence electrons. The van der Waals surface area contributed by atoms with Crippen LogP contribution in [0.5, 0.6) is 0 Å². The average molecular weight is 334 g/mol. The quantitative estimate of drug-likeness (QED) is 0.771. The fraction of sp³-hybridized carbons (Fsp3) is 0.421. The van der Waals surface area contributed by atoms with Gasteiger partial charge in [0, 0.05) is 17.3 Å². The molecule has 0 radical (unpaired) electrons. The molecule has 0 amide bonds. The molecule has 3 heterocycles. The predicted octanol–water partition coefficient (Wildman–Crippen LogP) is 2.90. The number of fused-ring (bicyclic) bond motifs is 1. The third-order valence-corrected chi connectivity index (χ3v) is 5.65. The molecule has 1 atom stereocenters. The van der Waals surface area contributed by atoms with E-state index in [0.29, 0.717) is 11.6 Å². The Morgan fingerprint density at radius 3 is 2.80 bits per heavy atom. The Kier molecular flexibility index (Phi) is 3.45. The Hall–Kier alpha value is -2.47. The fourth-order valence-electron chi connectivity index (χ4n) is 4.18. The summed E-state index contributed by atoms with van der Waals surface area (Å²) < 4.78 is 2.01. The summed E-state index contributed by atoms with van der Waals surface area (Å²) >= 11 is 0. The highest BCUT2D eigenvalue weighted by atomic mass is 15.2. The van der Waals surface area contributed by atoms with E-state index in [1.807, 2.05) is 29.1 Å². The lowest BCUT2D eigenvalue weighted by Gasteiger charge is -2.48. The van der Waals surface area contributed by atoms with E-state index in [2.05, 4.69) is 37.7 Å². The molecule has 6 heteroatoms. The van der Waals surface area contributed by atoms with Gasteiger partial charge in [-0.1, -0.05) is 18.2 Å². The zero-order valence-electron chi connectivity index (χ0n) is 14.2. The highest BCUT2D eigenvalue weighted by Gasteiger charge is 2.41. The first kappa shape index (κ1) is 14.8. The predicted molar refractivity (Wildman–Crippen MR) is 97.9 cm³/mol. The molecule has 2 N–H and O–H groups in total. The first-order valence-corrected chi connectivity index (χ1v) is 9.08. The van der Waals surface area contributed by atoms with Gasteiger partial charge in [-0.25, -0.2) is 15.0 Å². The number of para-hydroxylation sites is 1. The van der Waals surface area contributed by atoms with Crippen LogP contribution in [-0.4, -0.2) is 37.6 Å². The van der Waals surface area contributed by atoms with E-state index < -0.39 is 0 Å². The van der Waals surface area contributed by atoms with Crippen molar-refractivity contribution in [1.29, 1.82) is 0 Å². The zero-order valence-corrected chi connectivity index (χ0v) is 14.2. The second-order valence-corrected chi connectivity index (χ2v) is 7.24. The summed E-state index contributed by atoms with van der Waals surface area (Å²) in [5, 5.41) is 7.36. The van der Waals surface area contributed by atoms with Crippen LogP contribution in [-0.2, 0) is 0 Å². The topological polar surface area (TPSA) is 67.7 Å². The number of benzene rings is 1. The standard InChI is InChI=1S/C19H22N6/c1-2-5-15(6-3-1)25-13-22-16-17(20-12-21-18(16)25)24-14-7-10-23-19(11-14)8-4-9-19/h1-3,5-6,12-14,23H,4,7-11H2,(H,20,21,24)/t14-/m0/s1. The lowest BCUT2D eigenvalue weighted by molar-refractivity contribution is 0.135. The van der Waals surface area contributed by atoms with Crippen molar-refractivity contribution in [2.45, 2.75) is 43.7 Å². The lowest BCUT2D eigenvalue weighted by atomic mass is 9.70. The first-order valence-electron chi connectivity index (χ1n) is 9.08. The molecule has 1 aliphatic heterocycles. The number of imidazole rings is 1. The summed E-state index contributed by atoms with van der Waals surface area (Å²) in [4.78, 5) is 13.5. The number of anilines is 1. The van der Waals surface area contributed by atoms with E-state index in [4.69, 9.17) is 0 Å². The molecule has 6 nitrogen and oxygen atoms in total. The van der Waals surface area contributed by atoms with E-state index >= 15 is 0 Å². The van der Waals surface area contributed by atoms with Gasteiger partial charge in [-0.2, -0.15) is 0 Å². The summed E-state index contributed by atoms with van der Waals surface area (Å²) in [6.07, 6.45) is 9.69. The lowest BCUT2D eigenvalue weighted by Crippen LogP contribution is -2.58. The maximum atomic E-state index is 4.59. The Bertz CT molecular complexity index is 883. The Morgan fingerprint density at radius 1 is 1.12 bits per heavy atom. The van der Waals surface area contributed by atoms with Crippen LogP contribution in [0.3, 0.4) is 0 Å². The Labute approximate surface area is 146 Å². The zero-order chi connectivity index (χ0) is 16.7. The number of nitrogens with zero attached hydrogens (tertiary/aromatic N) is 4. The molecule has 1 aromatic carbocycles. The normalized spacial score (nSPS) is 22.0. The summed E-state index contributed by atoms with van der Waals surface area (Å²) in [5.74, 6) is 0.848. The van der Waals surface area contributed by atoms with Crippen molar-refractivity contribution in [3.8, 4) is 5.69 Å². The van der Waals surface area contributed by atoms with Gasteiger partial charge < -0.3 is 10.6 Å². The van der Waals surface area contributed by atoms with Crippen LogP contribution in [0, 0.1) is 0 Å². The van der Waals surface area contributed by atoms with Gasteiger partial charge in [-0.05, 0) is 50.8 Å². The number of piperidine rings is 1. The van der Waals surface area contributed by atoms with Gasteiger partial charge in [-0.3, -0.25) is 4.57 Å². The van der Waals surface area contributed by atoms with Gasteiger partial charge >= 0.3 is 0 Å². The van der Waals surface area contributed by atoms with E-state index in [1.54, 1.807) is 6.33 Å². The van der Waals surface area contributed by atoms with Crippen LogP contribution in [0.2, 0.25) is 0 Å². The maximum Gasteiger partial charge on any atom is 0.170 e. The molecule has 1 spiro atoms. The molecular weight excluding hydrogens is 312 g/mol. The molecule has 2 fully saturated rings. The van der Waals surface area contributed by atoms with Crippen LogP contribution in [0.15, 0.2) is 43.0 Å². The van der Waals surface area contributed by atoms with Crippen LogP contribution < -0.4 is 10.6 Å². The van der Waals surface area contributed by atoms with Crippen LogP contribution in [0.4, 0.5) is 5.82 Å². The van der Waals surface area contributed by atoms with Gasteiger partial charge in [0.05, 0.1) is 0 Å². The Morgan fingerprint density at radius 2 is 2.00 bits per heavy atom. The highest BCUT2D eigenvalue weighted by Crippen LogP contribution is 2.39. The van der Waals surface area contributed by atoms with E-state index in [-0.39, 0.29) is 0 Å². The number of aromatic nitrogens is 4. The smallest absolute Gasteiger partial charge is 0.170 e. The molecule has 1 saturated heterocycles. The highest BCUT2D eigenvalue weighted by molar-refractivity contribution is 5.84. The SMILES string of the molecule is c1ccc(-n2cnc3c(N[C@H]4CCNC5(CCC5)C4)ncnc32)cc1. The monoisotopic (exact) mass is 334 g/mol. The van der Waals surface area contributed by atoms with Gasteiger partial charge in [-0.15, -0.1) is 0 Å². The average Bonchev–Trinajstić information content (AvgIpc) is 3.07. The van der Waals surface area contributed by atoms with Crippen LogP contribution in [0.1, 0.15) is 32.1 Å². The van der Waals surface area contributed by atoms with Gasteiger partial charge in [0.25, 0.3) is 0 Å². The van der Waals surface area contributed by atoms with Crippen molar-refractivity contribution in [2.75, 3.05) is 11.9 Å².